The van der Waals surface area contributed by atoms with Gasteiger partial charge in [0.2, 0.25) is 10.0 Å². The third-order valence-electron chi connectivity index (χ3n) is 6.28. The fraction of sp³-hybridized carbons (Fsp3) is 0.333. The molecule has 2 aromatic carbocycles. The molecule has 9 nitrogen and oxygen atoms in total. The Bertz CT molecular complexity index is 1410. The number of hydrogen-bond acceptors (Lipinski definition) is 6. The van der Waals surface area contributed by atoms with Gasteiger partial charge in [-0.15, -0.1) is 0 Å². The average molecular weight is 484 g/mol. The summed E-state index contributed by atoms with van der Waals surface area (Å²) in [5.41, 5.74) is 3.56. The second-order valence-electron chi connectivity index (χ2n) is 8.57. The maximum atomic E-state index is 13.4. The minimum absolute atomic E-state index is 0.0414. The molecule has 1 aliphatic carbocycles. The van der Waals surface area contributed by atoms with Crippen LogP contribution in [0.5, 0.6) is 5.75 Å². The first-order chi connectivity index (χ1) is 16.3. The van der Waals surface area contributed by atoms with Crippen LogP contribution in [0, 0.1) is 0 Å². The maximum Gasteiger partial charge on any atom is 0.337 e. The molecule has 1 saturated carbocycles. The summed E-state index contributed by atoms with van der Waals surface area (Å²) in [7, 11) is -1.07. The van der Waals surface area contributed by atoms with Crippen LogP contribution in [0.25, 0.3) is 10.9 Å². The summed E-state index contributed by atoms with van der Waals surface area (Å²) >= 11 is 0. The molecule has 178 valence electrons. The zero-order valence-electron chi connectivity index (χ0n) is 18.9. The number of rotatable bonds is 6. The number of hydrogen-bond donors (Lipinski definition) is 2. The minimum Gasteiger partial charge on any atom is -0.495 e. The molecule has 1 fully saturated rings. The Morgan fingerprint density at radius 2 is 1.85 bits per heavy atom. The Labute approximate surface area is 197 Å². The summed E-state index contributed by atoms with van der Waals surface area (Å²) in [5, 5.41) is 0.863. The molecule has 5 rings (SSSR count). The monoisotopic (exact) mass is 483 g/mol. The molecule has 34 heavy (non-hydrogen) atoms. The van der Waals surface area contributed by atoms with Crippen molar-refractivity contribution in [2.75, 3.05) is 20.8 Å². The molecule has 0 radical (unpaired) electrons. The van der Waals surface area contributed by atoms with E-state index < -0.39 is 16.0 Å². The van der Waals surface area contributed by atoms with Crippen molar-refractivity contribution in [2.45, 2.75) is 36.7 Å². The van der Waals surface area contributed by atoms with Gasteiger partial charge in [-0.05, 0) is 49.2 Å². The summed E-state index contributed by atoms with van der Waals surface area (Å²) in [6.45, 7) is 0.824. The minimum atomic E-state index is -3.81. The predicted molar refractivity (Wildman–Crippen MR) is 124 cm³/mol. The van der Waals surface area contributed by atoms with E-state index in [0.717, 1.165) is 35.0 Å². The molecule has 3 aromatic rings. The van der Waals surface area contributed by atoms with Gasteiger partial charge in [-0.3, -0.25) is 4.79 Å². The van der Waals surface area contributed by atoms with Gasteiger partial charge in [-0.2, -0.15) is 0 Å². The average Bonchev–Trinajstić information content (AvgIpc) is 3.58. The molecule has 0 atom stereocenters. The van der Waals surface area contributed by atoms with Gasteiger partial charge < -0.3 is 19.4 Å². The van der Waals surface area contributed by atoms with Gasteiger partial charge in [0.1, 0.15) is 10.6 Å². The molecule has 0 saturated heterocycles. The van der Waals surface area contributed by atoms with E-state index in [0.29, 0.717) is 25.1 Å². The van der Waals surface area contributed by atoms with Gasteiger partial charge in [0, 0.05) is 53.3 Å². The Hall–Kier alpha value is -3.37. The van der Waals surface area contributed by atoms with Gasteiger partial charge in [0.25, 0.3) is 5.91 Å². The standard InChI is InChI=1S/C24H25N3O6S/c1-32-21-8-4-14(12-22(21)34(30,31)26-16-5-6-16)23(28)27-10-9-20-18(13-27)17-11-15(24(29)33-2)3-7-19(17)25-20/h3-4,7-8,11-12,16,25-26H,5-6,9-10,13H2,1-2H3. The normalized spacial score (nSPS) is 15.8. The molecule has 2 N–H and O–H groups in total. The number of fused-ring (bicyclic) bond motifs is 3. The number of methoxy groups -OCH3 is 2. The highest BCUT2D eigenvalue weighted by Gasteiger charge is 2.31. The van der Waals surface area contributed by atoms with E-state index in [4.69, 9.17) is 9.47 Å². The van der Waals surface area contributed by atoms with E-state index >= 15 is 0 Å². The molecule has 0 bridgehead atoms. The number of carbonyl (C=O) groups excluding carboxylic acids is 2. The largest absolute Gasteiger partial charge is 0.495 e. The highest BCUT2D eigenvalue weighted by Crippen LogP contribution is 2.31. The lowest BCUT2D eigenvalue weighted by Gasteiger charge is -2.27. The Kier molecular flexibility index (Phi) is 5.57. The van der Waals surface area contributed by atoms with Crippen LogP contribution < -0.4 is 9.46 Å². The number of H-pyrrole nitrogens is 1. The van der Waals surface area contributed by atoms with Crippen LogP contribution in [0.15, 0.2) is 41.3 Å². The Balaban J connectivity index is 1.45. The number of sulfonamides is 1. The molecule has 1 amide bonds. The number of benzene rings is 2. The van der Waals surface area contributed by atoms with Crippen molar-refractivity contribution < 1.29 is 27.5 Å². The van der Waals surface area contributed by atoms with Gasteiger partial charge in [-0.25, -0.2) is 17.9 Å². The second kappa shape index (κ2) is 8.44. The summed E-state index contributed by atoms with van der Waals surface area (Å²) in [5.74, 6) is -0.500. The third-order valence-corrected chi connectivity index (χ3v) is 7.82. The summed E-state index contributed by atoms with van der Waals surface area (Å²) in [4.78, 5) is 30.4. The van der Waals surface area contributed by atoms with Crippen LogP contribution in [-0.4, -0.2) is 57.0 Å². The van der Waals surface area contributed by atoms with Crippen LogP contribution in [0.4, 0.5) is 0 Å². The zero-order valence-corrected chi connectivity index (χ0v) is 19.7. The lowest BCUT2D eigenvalue weighted by molar-refractivity contribution is 0.0600. The first-order valence-electron chi connectivity index (χ1n) is 11.0. The van der Waals surface area contributed by atoms with Gasteiger partial charge >= 0.3 is 5.97 Å². The second-order valence-corrected chi connectivity index (χ2v) is 10.3. The van der Waals surface area contributed by atoms with Crippen LogP contribution in [-0.2, 0) is 27.7 Å². The fourth-order valence-electron chi connectivity index (χ4n) is 4.32. The van der Waals surface area contributed by atoms with Crippen molar-refractivity contribution in [3.8, 4) is 5.75 Å². The number of nitrogens with zero attached hydrogens (tertiary/aromatic N) is 1. The fourth-order valence-corrected chi connectivity index (χ4v) is 5.82. The molecule has 1 aromatic heterocycles. The van der Waals surface area contributed by atoms with Crippen LogP contribution in [0.1, 0.15) is 44.8 Å². The number of amides is 1. The van der Waals surface area contributed by atoms with Crippen molar-refractivity contribution >= 4 is 32.8 Å². The molecule has 2 heterocycles. The molecule has 10 heteroatoms. The number of aromatic amines is 1. The maximum absolute atomic E-state index is 13.4. The SMILES string of the molecule is COC(=O)c1ccc2[nH]c3c(c2c1)CN(C(=O)c1ccc(OC)c(S(=O)(=O)NC2CC2)c1)CC3. The first-order valence-corrected chi connectivity index (χ1v) is 12.5. The smallest absolute Gasteiger partial charge is 0.337 e. The number of esters is 1. The van der Waals surface area contributed by atoms with Crippen molar-refractivity contribution in [3.63, 3.8) is 0 Å². The van der Waals surface area contributed by atoms with Gasteiger partial charge in [0.15, 0.2) is 0 Å². The highest BCUT2D eigenvalue weighted by atomic mass is 32.2. The van der Waals surface area contributed by atoms with Crippen molar-refractivity contribution in [1.29, 1.82) is 0 Å². The quantitative estimate of drug-likeness (QED) is 0.521. The summed E-state index contributed by atoms with van der Waals surface area (Å²) in [6, 6.07) is 9.72. The molecule has 0 spiro atoms. The van der Waals surface area contributed by atoms with Crippen molar-refractivity contribution in [3.05, 3.63) is 58.8 Å². The lowest BCUT2D eigenvalue weighted by atomic mass is 10.0. The number of nitrogens with one attached hydrogen (secondary N) is 2. The van der Waals surface area contributed by atoms with Crippen LogP contribution in [0.3, 0.4) is 0 Å². The zero-order chi connectivity index (χ0) is 24.0. The van der Waals surface area contributed by atoms with E-state index in [1.807, 2.05) is 6.07 Å². The van der Waals surface area contributed by atoms with Gasteiger partial charge in [-0.1, -0.05) is 0 Å². The van der Waals surface area contributed by atoms with Gasteiger partial charge in [0.05, 0.1) is 19.8 Å². The van der Waals surface area contributed by atoms with Crippen LogP contribution in [0.2, 0.25) is 0 Å². The number of aromatic nitrogens is 1. The third kappa shape index (κ3) is 4.03. The first kappa shape index (κ1) is 22.4. The summed E-state index contributed by atoms with van der Waals surface area (Å²) in [6.07, 6.45) is 2.23. The molecule has 2 aliphatic rings. The van der Waals surface area contributed by atoms with Crippen LogP contribution >= 0.6 is 0 Å². The number of carbonyl (C=O) groups is 2. The topological polar surface area (TPSA) is 118 Å². The molecule has 1 aliphatic heterocycles. The molecular formula is C24H25N3O6S. The van der Waals surface area contributed by atoms with E-state index in [1.54, 1.807) is 23.1 Å². The molecular weight excluding hydrogens is 458 g/mol. The molecule has 0 unspecified atom stereocenters. The van der Waals surface area contributed by atoms with E-state index in [1.165, 1.54) is 26.4 Å². The van der Waals surface area contributed by atoms with E-state index in [2.05, 4.69) is 9.71 Å². The Morgan fingerprint density at radius 3 is 2.56 bits per heavy atom. The highest BCUT2D eigenvalue weighted by molar-refractivity contribution is 7.89. The number of ether oxygens (including phenoxy) is 2. The predicted octanol–water partition coefficient (Wildman–Crippen LogP) is 2.60. The summed E-state index contributed by atoms with van der Waals surface area (Å²) < 4.78 is 38.4. The van der Waals surface area contributed by atoms with Crippen molar-refractivity contribution in [1.82, 2.24) is 14.6 Å². The van der Waals surface area contributed by atoms with E-state index in [9.17, 15) is 18.0 Å². The van der Waals surface area contributed by atoms with Crippen molar-refractivity contribution in [2.24, 2.45) is 0 Å². The lowest BCUT2D eigenvalue weighted by Crippen LogP contribution is -2.36. The van der Waals surface area contributed by atoms with E-state index in [-0.39, 0.29) is 28.2 Å². The Morgan fingerprint density at radius 1 is 1.09 bits per heavy atom.